The molecule has 0 radical (unpaired) electrons. The molecular weight excluding hydrogens is 278 g/mol. The van der Waals surface area contributed by atoms with Crippen molar-refractivity contribution in [2.45, 2.75) is 44.7 Å². The standard InChI is InChI=1S/C12H17N5O2S/c1-2-13-9-8(15-16-20-9)7-17-10(18)12(14-11(17)19)5-3-4-6-12/h13H,2-7H2,1H3,(H,14,19). The molecule has 0 unspecified atom stereocenters. The Morgan fingerprint density at radius 1 is 1.40 bits per heavy atom. The maximum absolute atomic E-state index is 12.5. The smallest absolute Gasteiger partial charge is 0.325 e. The molecule has 2 N–H and O–H groups in total. The lowest BCUT2D eigenvalue weighted by atomic mass is 9.98. The average Bonchev–Trinajstić information content (AvgIpc) is 3.10. The SMILES string of the molecule is CCNc1snnc1CN1C(=O)NC2(CCCC2)C1=O. The van der Waals surface area contributed by atoms with E-state index in [0.717, 1.165) is 37.2 Å². The van der Waals surface area contributed by atoms with Crippen LogP contribution >= 0.6 is 11.5 Å². The van der Waals surface area contributed by atoms with Crippen molar-refractivity contribution < 1.29 is 9.59 Å². The lowest BCUT2D eigenvalue weighted by molar-refractivity contribution is -0.131. The van der Waals surface area contributed by atoms with Crippen molar-refractivity contribution in [3.63, 3.8) is 0 Å². The van der Waals surface area contributed by atoms with Crippen LogP contribution in [0, 0.1) is 0 Å². The van der Waals surface area contributed by atoms with Gasteiger partial charge in [-0.05, 0) is 19.8 Å². The summed E-state index contributed by atoms with van der Waals surface area (Å²) in [5.41, 5.74) is -0.00537. The minimum Gasteiger partial charge on any atom is -0.374 e. The van der Waals surface area contributed by atoms with E-state index in [1.807, 2.05) is 6.92 Å². The molecular formula is C12H17N5O2S. The molecule has 1 saturated heterocycles. The maximum Gasteiger partial charge on any atom is 0.325 e. The molecule has 3 rings (SSSR count). The third-order valence-electron chi connectivity index (χ3n) is 3.90. The summed E-state index contributed by atoms with van der Waals surface area (Å²) in [5, 5.41) is 10.8. The van der Waals surface area contributed by atoms with Crippen molar-refractivity contribution >= 4 is 28.5 Å². The zero-order chi connectivity index (χ0) is 14.2. The van der Waals surface area contributed by atoms with Crippen LogP contribution in [-0.4, -0.2) is 38.5 Å². The van der Waals surface area contributed by atoms with Crippen LogP contribution in [0.25, 0.3) is 0 Å². The van der Waals surface area contributed by atoms with E-state index < -0.39 is 5.54 Å². The number of hydrogen-bond acceptors (Lipinski definition) is 6. The van der Waals surface area contributed by atoms with Gasteiger partial charge in [0.05, 0.1) is 6.54 Å². The number of nitrogens with one attached hydrogen (secondary N) is 2. The van der Waals surface area contributed by atoms with Gasteiger partial charge in [-0.25, -0.2) is 4.79 Å². The molecule has 2 heterocycles. The highest BCUT2D eigenvalue weighted by Gasteiger charge is 2.52. The van der Waals surface area contributed by atoms with Gasteiger partial charge in [0, 0.05) is 18.1 Å². The highest BCUT2D eigenvalue weighted by Crippen LogP contribution is 2.35. The molecule has 1 aromatic heterocycles. The lowest BCUT2D eigenvalue weighted by Crippen LogP contribution is -2.44. The summed E-state index contributed by atoms with van der Waals surface area (Å²) in [6.07, 6.45) is 3.45. The molecule has 1 aliphatic heterocycles. The topological polar surface area (TPSA) is 87.2 Å². The number of imide groups is 1. The zero-order valence-electron chi connectivity index (χ0n) is 11.3. The van der Waals surface area contributed by atoms with Crippen LogP contribution in [-0.2, 0) is 11.3 Å². The Morgan fingerprint density at radius 3 is 2.85 bits per heavy atom. The first-order valence-corrected chi connectivity index (χ1v) is 7.63. The third kappa shape index (κ3) is 2.04. The Balaban J connectivity index is 1.79. The van der Waals surface area contributed by atoms with Crippen molar-refractivity contribution in [3.05, 3.63) is 5.69 Å². The third-order valence-corrected chi connectivity index (χ3v) is 4.63. The van der Waals surface area contributed by atoms with E-state index in [9.17, 15) is 9.59 Å². The molecule has 1 saturated carbocycles. The van der Waals surface area contributed by atoms with E-state index in [0.29, 0.717) is 5.69 Å². The number of anilines is 1. The quantitative estimate of drug-likeness (QED) is 0.818. The Kier molecular flexibility index (Phi) is 3.33. The molecule has 2 fully saturated rings. The Labute approximate surface area is 120 Å². The van der Waals surface area contributed by atoms with E-state index >= 15 is 0 Å². The lowest BCUT2D eigenvalue weighted by Gasteiger charge is -2.19. The van der Waals surface area contributed by atoms with Gasteiger partial charge in [-0.15, -0.1) is 5.10 Å². The van der Waals surface area contributed by atoms with Gasteiger partial charge in [-0.1, -0.05) is 17.3 Å². The first-order valence-electron chi connectivity index (χ1n) is 6.85. The highest BCUT2D eigenvalue weighted by atomic mass is 32.1. The molecule has 0 atom stereocenters. The fourth-order valence-corrected chi connectivity index (χ4v) is 3.53. The number of aromatic nitrogens is 2. The van der Waals surface area contributed by atoms with Gasteiger partial charge in [0.25, 0.3) is 5.91 Å². The zero-order valence-corrected chi connectivity index (χ0v) is 12.1. The van der Waals surface area contributed by atoms with Crippen LogP contribution in [0.5, 0.6) is 0 Å². The summed E-state index contributed by atoms with van der Waals surface area (Å²) in [4.78, 5) is 25.8. The second kappa shape index (κ2) is 5.01. The number of rotatable bonds is 4. The molecule has 1 aromatic rings. The van der Waals surface area contributed by atoms with Gasteiger partial charge in [0.1, 0.15) is 16.2 Å². The molecule has 2 aliphatic rings. The Hall–Kier alpha value is -1.70. The predicted molar refractivity (Wildman–Crippen MR) is 74.4 cm³/mol. The van der Waals surface area contributed by atoms with Crippen molar-refractivity contribution in [3.8, 4) is 0 Å². The number of hydrogen-bond donors (Lipinski definition) is 2. The van der Waals surface area contributed by atoms with Crippen LogP contribution in [0.2, 0.25) is 0 Å². The van der Waals surface area contributed by atoms with Crippen molar-refractivity contribution in [1.82, 2.24) is 19.8 Å². The normalized spacial score (nSPS) is 20.8. The summed E-state index contributed by atoms with van der Waals surface area (Å²) >= 11 is 1.24. The molecule has 108 valence electrons. The van der Waals surface area contributed by atoms with E-state index in [1.165, 1.54) is 16.4 Å². The van der Waals surface area contributed by atoms with Gasteiger partial charge in [-0.2, -0.15) is 0 Å². The van der Waals surface area contributed by atoms with Gasteiger partial charge in [0.15, 0.2) is 0 Å². The Morgan fingerprint density at radius 2 is 2.15 bits per heavy atom. The molecule has 1 aliphatic carbocycles. The number of nitrogens with zero attached hydrogens (tertiary/aromatic N) is 3. The molecule has 0 aromatic carbocycles. The molecule has 1 spiro atoms. The average molecular weight is 295 g/mol. The maximum atomic E-state index is 12.5. The summed E-state index contributed by atoms with van der Waals surface area (Å²) in [5.74, 6) is -0.115. The van der Waals surface area contributed by atoms with Gasteiger partial charge < -0.3 is 10.6 Å². The number of urea groups is 1. The van der Waals surface area contributed by atoms with Crippen LogP contribution in [0.1, 0.15) is 38.3 Å². The van der Waals surface area contributed by atoms with Crippen LogP contribution < -0.4 is 10.6 Å². The van der Waals surface area contributed by atoms with Crippen molar-refractivity contribution in [1.29, 1.82) is 0 Å². The number of carbonyl (C=O) groups is 2. The minimum atomic E-state index is -0.654. The van der Waals surface area contributed by atoms with Crippen molar-refractivity contribution in [2.24, 2.45) is 0 Å². The molecule has 0 bridgehead atoms. The van der Waals surface area contributed by atoms with E-state index in [2.05, 4.69) is 20.2 Å². The van der Waals surface area contributed by atoms with E-state index in [1.54, 1.807) is 0 Å². The van der Waals surface area contributed by atoms with E-state index in [-0.39, 0.29) is 18.5 Å². The van der Waals surface area contributed by atoms with Crippen LogP contribution in [0.3, 0.4) is 0 Å². The molecule has 3 amide bonds. The predicted octanol–water partition coefficient (Wildman–Crippen LogP) is 1.33. The second-order valence-electron chi connectivity index (χ2n) is 5.19. The van der Waals surface area contributed by atoms with Crippen LogP contribution in [0.15, 0.2) is 0 Å². The first-order chi connectivity index (χ1) is 9.66. The summed E-state index contributed by atoms with van der Waals surface area (Å²) < 4.78 is 3.88. The summed E-state index contributed by atoms with van der Waals surface area (Å²) in [6, 6.07) is -0.313. The second-order valence-corrected chi connectivity index (χ2v) is 5.94. The minimum absolute atomic E-state index is 0.115. The van der Waals surface area contributed by atoms with Crippen LogP contribution in [0.4, 0.5) is 9.80 Å². The van der Waals surface area contributed by atoms with Gasteiger partial charge >= 0.3 is 6.03 Å². The summed E-state index contributed by atoms with van der Waals surface area (Å²) in [6.45, 7) is 2.91. The number of amides is 3. The molecule has 8 heteroatoms. The summed E-state index contributed by atoms with van der Waals surface area (Å²) in [7, 11) is 0. The van der Waals surface area contributed by atoms with Gasteiger partial charge in [-0.3, -0.25) is 9.69 Å². The largest absolute Gasteiger partial charge is 0.374 e. The fourth-order valence-electron chi connectivity index (χ4n) is 2.89. The van der Waals surface area contributed by atoms with E-state index in [4.69, 9.17) is 0 Å². The first kappa shape index (κ1) is 13.3. The van der Waals surface area contributed by atoms with Crippen molar-refractivity contribution in [2.75, 3.05) is 11.9 Å². The molecule has 20 heavy (non-hydrogen) atoms. The Bertz CT molecular complexity index is 538. The number of carbonyl (C=O) groups excluding carboxylic acids is 2. The monoisotopic (exact) mass is 295 g/mol. The fraction of sp³-hybridized carbons (Fsp3) is 0.667. The molecule has 7 nitrogen and oxygen atoms in total. The van der Waals surface area contributed by atoms with Gasteiger partial charge in [0.2, 0.25) is 0 Å². The highest BCUT2D eigenvalue weighted by molar-refractivity contribution is 7.10.